The number of benzene rings is 1. The van der Waals surface area contributed by atoms with E-state index in [1.54, 1.807) is 43.2 Å². The van der Waals surface area contributed by atoms with E-state index in [4.69, 9.17) is 0 Å². The van der Waals surface area contributed by atoms with Crippen LogP contribution in [0.4, 0.5) is 4.39 Å². The van der Waals surface area contributed by atoms with Crippen molar-refractivity contribution in [2.45, 2.75) is 6.16 Å². The molecule has 27 heavy (non-hydrogen) atoms. The Morgan fingerprint density at radius 3 is 1.41 bits per heavy atom. The van der Waals surface area contributed by atoms with Crippen LogP contribution in [0.5, 0.6) is 0 Å². The van der Waals surface area contributed by atoms with Gasteiger partial charge in [0.15, 0.2) is 0 Å². The molecule has 0 bridgehead atoms. The fourth-order valence-corrected chi connectivity index (χ4v) is 7.54. The number of aromatic nitrogens is 3. The molecule has 0 saturated carbocycles. The number of halogens is 1. The average molecular weight is 373 g/mol. The Morgan fingerprint density at radius 1 is 0.593 bits per heavy atom. The van der Waals surface area contributed by atoms with Gasteiger partial charge in [-0.3, -0.25) is 15.0 Å². The Labute approximate surface area is 158 Å². The molecule has 3 aromatic heterocycles. The summed E-state index contributed by atoms with van der Waals surface area (Å²) in [5.41, 5.74) is 0.705. The highest BCUT2D eigenvalue weighted by atomic mass is 31.2. The molecule has 4 rings (SSSR count). The summed E-state index contributed by atoms with van der Waals surface area (Å²) in [5.74, 6) is -0.181. The highest BCUT2D eigenvalue weighted by Crippen LogP contribution is 2.58. The van der Waals surface area contributed by atoms with Gasteiger partial charge >= 0.3 is 0 Å². The van der Waals surface area contributed by atoms with Crippen molar-refractivity contribution in [2.75, 3.05) is 0 Å². The molecule has 3 heterocycles. The van der Waals surface area contributed by atoms with Crippen LogP contribution < -0.4 is 15.9 Å². The van der Waals surface area contributed by atoms with Crippen LogP contribution in [0.1, 0.15) is 5.56 Å². The van der Waals surface area contributed by atoms with Gasteiger partial charge in [0.25, 0.3) is 0 Å². The Kier molecular flexibility index (Phi) is 4.99. The van der Waals surface area contributed by atoms with Crippen molar-refractivity contribution in [3.8, 4) is 0 Å². The first-order valence-corrected chi connectivity index (χ1v) is 10.6. The minimum absolute atomic E-state index is 0.181. The minimum Gasteiger partial charge on any atom is -0.264 e. The lowest BCUT2D eigenvalue weighted by Crippen LogP contribution is -2.33. The summed E-state index contributed by atoms with van der Waals surface area (Å²) in [6.07, 6.45) is 11.4. The number of hydrogen-bond acceptors (Lipinski definition) is 3. The lowest BCUT2D eigenvalue weighted by Gasteiger charge is -2.27. The number of nitrogens with zero attached hydrogens (tertiary/aromatic N) is 3. The van der Waals surface area contributed by atoms with E-state index in [2.05, 4.69) is 15.0 Å². The molecule has 0 spiro atoms. The van der Waals surface area contributed by atoms with E-state index < -0.39 is 7.26 Å². The quantitative estimate of drug-likeness (QED) is 0.503. The van der Waals surface area contributed by atoms with E-state index in [0.29, 0.717) is 11.7 Å². The standard InChI is InChI=1S/C22H18FN3P/c23-22-4-2-1-3-18(22)17-27(19-5-11-24-12-6-19,20-7-13-25-14-8-20)21-9-15-26-16-10-21/h1-16H,17H2/q+1/i23-1. The number of hydrogen-bond donors (Lipinski definition) is 0. The Hall–Kier alpha value is -2.97. The number of pyridine rings is 3. The SMILES string of the molecule is [18F]c1ccccc1C[P+](c1ccncc1)(c1ccncc1)c1ccncc1. The summed E-state index contributed by atoms with van der Waals surface area (Å²) >= 11 is 0. The van der Waals surface area contributed by atoms with Crippen molar-refractivity contribution in [2.24, 2.45) is 0 Å². The first kappa shape index (κ1) is 17.4. The third kappa shape index (κ3) is 3.36. The molecule has 0 unspecified atom stereocenters. The van der Waals surface area contributed by atoms with Gasteiger partial charge < -0.3 is 0 Å². The summed E-state index contributed by atoms with van der Waals surface area (Å²) in [6.45, 7) is 0. The summed E-state index contributed by atoms with van der Waals surface area (Å²) in [5, 5.41) is 3.45. The van der Waals surface area contributed by atoms with Gasteiger partial charge in [0.1, 0.15) is 35.2 Å². The van der Waals surface area contributed by atoms with E-state index in [1.807, 2.05) is 48.5 Å². The summed E-state index contributed by atoms with van der Waals surface area (Å²) in [7, 11) is -2.16. The van der Waals surface area contributed by atoms with Gasteiger partial charge in [-0.25, -0.2) is 4.39 Å². The van der Waals surface area contributed by atoms with Gasteiger partial charge in [-0.15, -0.1) is 0 Å². The molecule has 0 fully saturated rings. The topological polar surface area (TPSA) is 38.7 Å². The average Bonchev–Trinajstić information content (AvgIpc) is 2.75. The summed E-state index contributed by atoms with van der Waals surface area (Å²) in [6, 6.07) is 19.2. The predicted octanol–water partition coefficient (Wildman–Crippen LogP) is 3.50. The monoisotopic (exact) mass is 373 g/mol. The highest BCUT2D eigenvalue weighted by molar-refractivity contribution is 7.95. The Balaban J connectivity index is 2.02. The Morgan fingerprint density at radius 2 is 1.00 bits per heavy atom. The van der Waals surface area contributed by atoms with Crippen LogP contribution in [0, 0.1) is 5.82 Å². The zero-order chi connectivity index (χ0) is 18.5. The fraction of sp³-hybridized carbons (Fsp3) is 0.0455. The maximum atomic E-state index is 14.6. The third-order valence-electron chi connectivity index (χ3n) is 4.68. The molecule has 4 aromatic rings. The molecule has 0 atom stereocenters. The van der Waals surface area contributed by atoms with Crippen molar-refractivity contribution in [1.29, 1.82) is 0 Å². The van der Waals surface area contributed by atoms with Crippen LogP contribution in [0.3, 0.4) is 0 Å². The van der Waals surface area contributed by atoms with E-state index in [9.17, 15) is 4.39 Å². The molecule has 0 aliphatic heterocycles. The molecule has 1 aromatic carbocycles. The van der Waals surface area contributed by atoms with Gasteiger partial charge in [-0.1, -0.05) is 18.2 Å². The molecule has 0 radical (unpaired) electrons. The molecule has 3 nitrogen and oxygen atoms in total. The second-order valence-corrected chi connectivity index (χ2v) is 9.66. The van der Waals surface area contributed by atoms with Crippen LogP contribution in [0.15, 0.2) is 97.8 Å². The van der Waals surface area contributed by atoms with Gasteiger partial charge in [0, 0.05) is 42.7 Å². The van der Waals surface area contributed by atoms with E-state index in [-0.39, 0.29) is 5.82 Å². The van der Waals surface area contributed by atoms with Gasteiger partial charge in [-0.2, -0.15) is 0 Å². The van der Waals surface area contributed by atoms with Crippen LogP contribution in [0.2, 0.25) is 0 Å². The van der Waals surface area contributed by atoms with Crippen LogP contribution in [-0.2, 0) is 6.16 Å². The van der Waals surface area contributed by atoms with Crippen molar-refractivity contribution in [3.05, 3.63) is 109 Å². The zero-order valence-electron chi connectivity index (χ0n) is 14.6. The molecule has 132 valence electrons. The lowest BCUT2D eigenvalue weighted by atomic mass is 10.2. The van der Waals surface area contributed by atoms with Crippen LogP contribution in [-0.4, -0.2) is 15.0 Å². The van der Waals surface area contributed by atoms with Crippen molar-refractivity contribution < 1.29 is 4.39 Å². The van der Waals surface area contributed by atoms with Gasteiger partial charge in [0.2, 0.25) is 0 Å². The smallest absolute Gasteiger partial charge is 0.130 e. The molecule has 0 aliphatic carbocycles. The molecular formula is C22H18FN3P+. The van der Waals surface area contributed by atoms with E-state index in [0.717, 1.165) is 15.9 Å². The summed E-state index contributed by atoms with van der Waals surface area (Å²) < 4.78 is 14.6. The number of rotatable bonds is 5. The maximum absolute atomic E-state index is 14.6. The maximum Gasteiger partial charge on any atom is 0.130 e. The molecule has 0 amide bonds. The highest BCUT2D eigenvalue weighted by Gasteiger charge is 2.46. The molecule has 0 N–H and O–H groups in total. The van der Waals surface area contributed by atoms with Crippen molar-refractivity contribution in [1.82, 2.24) is 15.0 Å². The first-order valence-electron chi connectivity index (χ1n) is 8.64. The molecular weight excluding hydrogens is 355 g/mol. The van der Waals surface area contributed by atoms with Crippen molar-refractivity contribution >= 4 is 23.2 Å². The van der Waals surface area contributed by atoms with E-state index >= 15 is 0 Å². The second kappa shape index (κ2) is 7.73. The predicted molar refractivity (Wildman–Crippen MR) is 109 cm³/mol. The molecule has 0 aliphatic rings. The van der Waals surface area contributed by atoms with Gasteiger partial charge in [0.05, 0.1) is 0 Å². The summed E-state index contributed by atoms with van der Waals surface area (Å²) in [4.78, 5) is 12.6. The normalized spacial score (nSPS) is 11.3. The van der Waals surface area contributed by atoms with Crippen LogP contribution in [0.25, 0.3) is 0 Å². The molecule has 0 saturated heterocycles. The fourth-order valence-electron chi connectivity index (χ4n) is 3.40. The van der Waals surface area contributed by atoms with Crippen molar-refractivity contribution in [3.63, 3.8) is 0 Å². The largest absolute Gasteiger partial charge is 0.264 e. The molecule has 5 heteroatoms. The first-order chi connectivity index (χ1) is 13.3. The van der Waals surface area contributed by atoms with E-state index in [1.165, 1.54) is 6.07 Å². The second-order valence-electron chi connectivity index (χ2n) is 6.18. The Bertz CT molecular complexity index is 914. The minimum atomic E-state index is -2.16. The van der Waals surface area contributed by atoms with Gasteiger partial charge in [-0.05, 0) is 42.5 Å². The lowest BCUT2D eigenvalue weighted by molar-refractivity contribution is 0.617. The zero-order valence-corrected chi connectivity index (χ0v) is 15.5. The van der Waals surface area contributed by atoms with Crippen LogP contribution >= 0.6 is 7.26 Å². The third-order valence-corrected chi connectivity index (χ3v) is 9.03.